The number of hydrogen-bond donors (Lipinski definition) is 1. The van der Waals surface area contributed by atoms with Crippen molar-refractivity contribution in [3.05, 3.63) is 28.5 Å². The summed E-state index contributed by atoms with van der Waals surface area (Å²) in [6.45, 7) is 0.0902. The monoisotopic (exact) mass is 281 g/mol. The van der Waals surface area contributed by atoms with Crippen LogP contribution in [0, 0.1) is 24.1 Å². The van der Waals surface area contributed by atoms with Gasteiger partial charge in [0.15, 0.2) is 0 Å². The number of terminal acetylenes is 1. The number of benzene rings is 1. The summed E-state index contributed by atoms with van der Waals surface area (Å²) in [5, 5.41) is 8.99. The molecule has 6 heteroatoms. The molecule has 1 aliphatic rings. The van der Waals surface area contributed by atoms with Crippen LogP contribution in [0.15, 0.2) is 12.1 Å². The number of carbonyl (C=O) groups is 2. The molecule has 0 aromatic heterocycles. The highest BCUT2D eigenvalue weighted by Gasteiger charge is 2.34. The first-order valence-electron chi connectivity index (χ1n) is 5.43. The summed E-state index contributed by atoms with van der Waals surface area (Å²) in [4.78, 5) is 24.0. The molecule has 2 rings (SSSR count). The van der Waals surface area contributed by atoms with Gasteiger partial charge in [0.2, 0.25) is 5.91 Å². The zero-order chi connectivity index (χ0) is 14.2. The number of carbonyl (C=O) groups excluding carboxylic acids is 1. The van der Waals surface area contributed by atoms with Crippen LogP contribution in [-0.2, 0) is 4.79 Å². The summed E-state index contributed by atoms with van der Waals surface area (Å²) >= 11 is 5.77. The van der Waals surface area contributed by atoms with E-state index >= 15 is 0 Å². The number of rotatable bonds is 2. The Labute approximate surface area is 113 Å². The van der Waals surface area contributed by atoms with Gasteiger partial charge in [-0.2, -0.15) is 0 Å². The number of carboxylic acids is 1. The van der Waals surface area contributed by atoms with Crippen LogP contribution in [0.4, 0.5) is 10.1 Å². The van der Waals surface area contributed by atoms with Crippen molar-refractivity contribution < 1.29 is 19.1 Å². The summed E-state index contributed by atoms with van der Waals surface area (Å²) in [7, 11) is 0. The van der Waals surface area contributed by atoms with Gasteiger partial charge in [-0.3, -0.25) is 4.79 Å². The Bertz CT molecular complexity index is 609. The maximum Gasteiger partial charge on any atom is 0.339 e. The highest BCUT2D eigenvalue weighted by Crippen LogP contribution is 2.34. The summed E-state index contributed by atoms with van der Waals surface area (Å²) in [6.07, 6.45) is 5.31. The average Bonchev–Trinajstić information content (AvgIpc) is 2.72. The van der Waals surface area contributed by atoms with Gasteiger partial charge in [-0.1, -0.05) is 11.6 Å². The molecule has 98 valence electrons. The standard InChI is InChI=1S/C13H9ClFNO3/c1-2-7-5-10(17)16(6-7)12-9(15)4-3-8(14)11(12)13(18)19/h1,3-4,7H,5-6H2,(H,18,19). The number of hydrogen-bond acceptors (Lipinski definition) is 2. The van der Waals surface area contributed by atoms with Crippen molar-refractivity contribution in [3.63, 3.8) is 0 Å². The zero-order valence-electron chi connectivity index (χ0n) is 9.69. The number of halogens is 2. The van der Waals surface area contributed by atoms with Crippen LogP contribution in [-0.4, -0.2) is 23.5 Å². The Balaban J connectivity index is 2.57. The third-order valence-corrected chi connectivity index (χ3v) is 3.24. The molecule has 0 aliphatic carbocycles. The molecule has 1 heterocycles. The van der Waals surface area contributed by atoms with Crippen LogP contribution in [0.5, 0.6) is 0 Å². The van der Waals surface area contributed by atoms with E-state index in [1.54, 1.807) is 0 Å². The molecule has 4 nitrogen and oxygen atoms in total. The van der Waals surface area contributed by atoms with Crippen LogP contribution in [0.1, 0.15) is 16.8 Å². The van der Waals surface area contributed by atoms with E-state index in [2.05, 4.69) is 5.92 Å². The molecule has 0 spiro atoms. The molecule has 1 amide bonds. The Morgan fingerprint density at radius 1 is 1.58 bits per heavy atom. The summed E-state index contributed by atoms with van der Waals surface area (Å²) in [5.41, 5.74) is -0.740. The Morgan fingerprint density at radius 2 is 2.26 bits per heavy atom. The lowest BCUT2D eigenvalue weighted by Gasteiger charge is -2.19. The number of amides is 1. The van der Waals surface area contributed by atoms with Gasteiger partial charge in [-0.25, -0.2) is 9.18 Å². The van der Waals surface area contributed by atoms with Crippen LogP contribution < -0.4 is 4.90 Å². The smallest absolute Gasteiger partial charge is 0.339 e. The fraction of sp³-hybridized carbons (Fsp3) is 0.231. The lowest BCUT2D eigenvalue weighted by Crippen LogP contribution is -2.27. The molecule has 1 aromatic rings. The van der Waals surface area contributed by atoms with E-state index in [9.17, 15) is 14.0 Å². The van der Waals surface area contributed by atoms with Gasteiger partial charge in [-0.15, -0.1) is 12.3 Å². The van der Waals surface area contributed by atoms with Crippen molar-refractivity contribution in [1.82, 2.24) is 0 Å². The van der Waals surface area contributed by atoms with Crippen LogP contribution in [0.3, 0.4) is 0 Å². The first kappa shape index (κ1) is 13.4. The summed E-state index contributed by atoms with van der Waals surface area (Å²) < 4.78 is 13.9. The highest BCUT2D eigenvalue weighted by molar-refractivity contribution is 6.34. The second-order valence-corrected chi connectivity index (χ2v) is 4.54. The lowest BCUT2D eigenvalue weighted by atomic mass is 10.1. The molecule has 0 bridgehead atoms. The largest absolute Gasteiger partial charge is 0.478 e. The van der Waals surface area contributed by atoms with Crippen molar-refractivity contribution in [3.8, 4) is 12.3 Å². The number of carboxylic acid groups (broad SMARTS) is 1. The van der Waals surface area contributed by atoms with Crippen LogP contribution >= 0.6 is 11.6 Å². The Morgan fingerprint density at radius 3 is 2.79 bits per heavy atom. The van der Waals surface area contributed by atoms with E-state index in [0.29, 0.717) is 0 Å². The van der Waals surface area contributed by atoms with E-state index in [1.807, 2.05) is 0 Å². The van der Waals surface area contributed by atoms with Crippen LogP contribution in [0.2, 0.25) is 5.02 Å². The highest BCUT2D eigenvalue weighted by atomic mass is 35.5. The molecule has 1 aromatic carbocycles. The van der Waals surface area contributed by atoms with Crippen molar-refractivity contribution in [2.75, 3.05) is 11.4 Å². The minimum atomic E-state index is -1.39. The topological polar surface area (TPSA) is 57.6 Å². The normalized spacial score (nSPS) is 18.5. The Kier molecular flexibility index (Phi) is 3.45. The third-order valence-electron chi connectivity index (χ3n) is 2.92. The fourth-order valence-electron chi connectivity index (χ4n) is 2.04. The molecule has 1 aliphatic heterocycles. The van der Waals surface area contributed by atoms with Gasteiger partial charge in [0.1, 0.15) is 11.4 Å². The third kappa shape index (κ3) is 2.27. The SMILES string of the molecule is C#CC1CC(=O)N(c2c(F)ccc(Cl)c2C(=O)O)C1. The van der Waals surface area contributed by atoms with Crippen molar-refractivity contribution >= 4 is 29.2 Å². The summed E-state index contributed by atoms with van der Waals surface area (Å²) in [5.74, 6) is -0.558. The van der Waals surface area contributed by atoms with Gasteiger partial charge in [0.25, 0.3) is 0 Å². The lowest BCUT2D eigenvalue weighted by molar-refractivity contribution is -0.117. The van der Waals surface area contributed by atoms with Gasteiger partial charge < -0.3 is 10.0 Å². The predicted molar refractivity (Wildman–Crippen MR) is 67.7 cm³/mol. The average molecular weight is 282 g/mol. The second kappa shape index (κ2) is 4.90. The minimum absolute atomic E-state index is 0.0709. The van der Waals surface area contributed by atoms with Gasteiger partial charge in [0.05, 0.1) is 10.7 Å². The second-order valence-electron chi connectivity index (χ2n) is 4.13. The van der Waals surface area contributed by atoms with Crippen LogP contribution in [0.25, 0.3) is 0 Å². The van der Waals surface area contributed by atoms with Crippen molar-refractivity contribution in [2.45, 2.75) is 6.42 Å². The van der Waals surface area contributed by atoms with Gasteiger partial charge in [-0.05, 0) is 12.1 Å². The summed E-state index contributed by atoms with van der Waals surface area (Å²) in [6, 6.07) is 2.17. The molecular formula is C13H9ClFNO3. The Hall–Kier alpha value is -2.06. The molecular weight excluding hydrogens is 273 g/mol. The number of nitrogens with zero attached hydrogens (tertiary/aromatic N) is 1. The maximum atomic E-state index is 13.9. The van der Waals surface area contributed by atoms with Crippen molar-refractivity contribution in [1.29, 1.82) is 0 Å². The quantitative estimate of drug-likeness (QED) is 0.845. The molecule has 19 heavy (non-hydrogen) atoms. The molecule has 1 fully saturated rings. The van der Waals surface area contributed by atoms with Gasteiger partial charge in [0, 0.05) is 18.9 Å². The van der Waals surface area contributed by atoms with E-state index in [0.717, 1.165) is 17.0 Å². The molecule has 1 atom stereocenters. The minimum Gasteiger partial charge on any atom is -0.478 e. The molecule has 0 saturated carbocycles. The molecule has 1 N–H and O–H groups in total. The van der Waals surface area contributed by atoms with Gasteiger partial charge >= 0.3 is 5.97 Å². The van der Waals surface area contributed by atoms with E-state index in [1.165, 1.54) is 0 Å². The van der Waals surface area contributed by atoms with E-state index in [4.69, 9.17) is 23.1 Å². The van der Waals surface area contributed by atoms with Crippen molar-refractivity contribution in [2.24, 2.45) is 5.92 Å². The molecule has 0 radical (unpaired) electrons. The maximum absolute atomic E-state index is 13.9. The number of anilines is 1. The van der Waals surface area contributed by atoms with E-state index in [-0.39, 0.29) is 29.6 Å². The molecule has 1 unspecified atom stereocenters. The zero-order valence-corrected chi connectivity index (χ0v) is 10.4. The first-order valence-corrected chi connectivity index (χ1v) is 5.81. The fourth-order valence-corrected chi connectivity index (χ4v) is 2.28. The van der Waals surface area contributed by atoms with E-state index < -0.39 is 23.3 Å². The first-order chi connectivity index (χ1) is 8.95. The predicted octanol–water partition coefficient (Wildman–Crippen LogP) is 2.16. The number of aromatic carboxylic acids is 1. The molecule has 1 saturated heterocycles.